The molecule has 0 spiro atoms. The number of hydrogen-bond acceptors (Lipinski definition) is 3. The molecule has 0 aromatic rings. The van der Waals surface area contributed by atoms with Gasteiger partial charge in [-0.2, -0.15) is 0 Å². The van der Waals surface area contributed by atoms with E-state index in [-0.39, 0.29) is 36.0 Å². The third-order valence-corrected chi connectivity index (χ3v) is 1.91. The Balaban J connectivity index is 0.000001000. The quantitative estimate of drug-likeness (QED) is 0.426. The topological polar surface area (TPSA) is 52.2 Å². The van der Waals surface area contributed by atoms with Crippen molar-refractivity contribution in [1.82, 2.24) is 5.32 Å². The molecule has 0 bridgehead atoms. The van der Waals surface area contributed by atoms with Gasteiger partial charge in [-0.1, -0.05) is 0 Å². The molecule has 0 saturated carbocycles. The van der Waals surface area contributed by atoms with Gasteiger partial charge in [0.15, 0.2) is 0 Å². The Morgan fingerprint density at radius 3 is 2.45 bits per heavy atom. The van der Waals surface area contributed by atoms with Gasteiger partial charge in [0.1, 0.15) is 0 Å². The second-order valence-electron chi connectivity index (χ2n) is 2.77. The summed E-state index contributed by atoms with van der Waals surface area (Å²) in [5.74, 6) is -0.557. The zero-order chi connectivity index (χ0) is 7.40. The van der Waals surface area contributed by atoms with E-state index in [0.717, 1.165) is 25.9 Å². The molecule has 4 heteroatoms. The maximum atomic E-state index is 10.1. The predicted octanol–water partition coefficient (Wildman–Crippen LogP) is -3.87. The van der Waals surface area contributed by atoms with Crippen LogP contribution in [0.4, 0.5) is 0 Å². The van der Waals surface area contributed by atoms with E-state index in [1.165, 1.54) is 0 Å². The van der Waals surface area contributed by atoms with Crippen LogP contribution >= 0.6 is 0 Å². The fourth-order valence-electron chi connectivity index (χ4n) is 1.32. The van der Waals surface area contributed by atoms with Gasteiger partial charge in [-0.3, -0.25) is 0 Å². The molecule has 0 aromatic carbocycles. The van der Waals surface area contributed by atoms with Crippen LogP contribution in [0.5, 0.6) is 0 Å². The molecule has 1 fully saturated rings. The molecule has 0 unspecified atom stereocenters. The van der Waals surface area contributed by atoms with Crippen molar-refractivity contribution < 1.29 is 39.5 Å². The van der Waals surface area contributed by atoms with Gasteiger partial charge in [0, 0.05) is 5.97 Å². The van der Waals surface area contributed by atoms with Crippen molar-refractivity contribution in [2.75, 3.05) is 13.1 Å². The van der Waals surface area contributed by atoms with E-state index in [1.807, 2.05) is 0 Å². The van der Waals surface area contributed by atoms with Crippen LogP contribution in [0.25, 0.3) is 0 Å². The standard InChI is InChI=1S/C7H13NO2.Na/c9-7(10)5-6-1-3-8-4-2-6;/h6,8H,1-5H2,(H,9,10);/q;+1/p-1. The molecule has 1 saturated heterocycles. The van der Waals surface area contributed by atoms with Crippen LogP contribution in [0.2, 0.25) is 0 Å². The minimum absolute atomic E-state index is 0. The summed E-state index contributed by atoms with van der Waals surface area (Å²) in [6.45, 7) is 1.91. The van der Waals surface area contributed by atoms with E-state index < -0.39 is 5.97 Å². The number of aliphatic carboxylic acids is 1. The third-order valence-electron chi connectivity index (χ3n) is 1.91. The smallest absolute Gasteiger partial charge is 0.550 e. The van der Waals surface area contributed by atoms with Crippen LogP contribution in [0.1, 0.15) is 19.3 Å². The molecule has 3 nitrogen and oxygen atoms in total. The molecule has 58 valence electrons. The molecule has 1 N–H and O–H groups in total. The van der Waals surface area contributed by atoms with Gasteiger partial charge >= 0.3 is 29.6 Å². The van der Waals surface area contributed by atoms with Crippen molar-refractivity contribution in [2.24, 2.45) is 5.92 Å². The molecule has 1 aliphatic rings. The van der Waals surface area contributed by atoms with Crippen LogP contribution in [-0.4, -0.2) is 19.1 Å². The fraction of sp³-hybridized carbons (Fsp3) is 0.857. The number of piperidine rings is 1. The molecule has 11 heavy (non-hydrogen) atoms. The van der Waals surface area contributed by atoms with E-state index in [0.29, 0.717) is 5.92 Å². The molecule has 0 aromatic heterocycles. The normalized spacial score (nSPS) is 18.9. The van der Waals surface area contributed by atoms with Gasteiger partial charge < -0.3 is 15.2 Å². The number of nitrogens with one attached hydrogen (secondary N) is 1. The summed E-state index contributed by atoms with van der Waals surface area (Å²) in [5, 5.41) is 13.3. The summed E-state index contributed by atoms with van der Waals surface area (Å²) >= 11 is 0. The predicted molar refractivity (Wildman–Crippen MR) is 35.2 cm³/mol. The van der Waals surface area contributed by atoms with Crippen molar-refractivity contribution in [3.8, 4) is 0 Å². The first kappa shape index (κ1) is 11.4. The van der Waals surface area contributed by atoms with Gasteiger partial charge in [0.2, 0.25) is 0 Å². The molecule has 1 heterocycles. The number of carboxylic acid groups (broad SMARTS) is 1. The number of carbonyl (C=O) groups is 1. The van der Waals surface area contributed by atoms with E-state index in [4.69, 9.17) is 0 Å². The first-order valence-corrected chi connectivity index (χ1v) is 3.69. The number of rotatable bonds is 2. The van der Waals surface area contributed by atoms with Gasteiger partial charge in [0.05, 0.1) is 0 Å². The monoisotopic (exact) mass is 165 g/mol. The Morgan fingerprint density at radius 2 is 2.00 bits per heavy atom. The Morgan fingerprint density at radius 1 is 1.45 bits per heavy atom. The molecule has 1 rings (SSSR count). The Hall–Kier alpha value is 0.430. The Bertz CT molecular complexity index is 124. The van der Waals surface area contributed by atoms with E-state index in [9.17, 15) is 9.90 Å². The van der Waals surface area contributed by atoms with Crippen molar-refractivity contribution >= 4 is 5.97 Å². The van der Waals surface area contributed by atoms with E-state index in [1.54, 1.807) is 0 Å². The van der Waals surface area contributed by atoms with E-state index in [2.05, 4.69) is 5.32 Å². The molecular formula is C7H12NNaO2. The fourth-order valence-corrected chi connectivity index (χ4v) is 1.32. The van der Waals surface area contributed by atoms with Crippen molar-refractivity contribution in [3.63, 3.8) is 0 Å². The number of carbonyl (C=O) groups excluding carboxylic acids is 1. The minimum Gasteiger partial charge on any atom is -0.550 e. The van der Waals surface area contributed by atoms with Gasteiger partial charge in [-0.15, -0.1) is 0 Å². The molecule has 0 amide bonds. The minimum atomic E-state index is -0.910. The second-order valence-corrected chi connectivity index (χ2v) is 2.77. The Kier molecular flexibility index (Phi) is 6.24. The molecular weight excluding hydrogens is 153 g/mol. The maximum Gasteiger partial charge on any atom is 1.00 e. The molecule has 1 aliphatic heterocycles. The average molecular weight is 165 g/mol. The third kappa shape index (κ3) is 4.80. The zero-order valence-corrected chi connectivity index (χ0v) is 8.93. The summed E-state index contributed by atoms with van der Waals surface area (Å²) in [6.07, 6.45) is 2.20. The van der Waals surface area contributed by atoms with Crippen LogP contribution in [0, 0.1) is 5.92 Å². The van der Waals surface area contributed by atoms with Crippen LogP contribution in [0.3, 0.4) is 0 Å². The van der Waals surface area contributed by atoms with E-state index >= 15 is 0 Å². The summed E-state index contributed by atoms with van der Waals surface area (Å²) in [4.78, 5) is 10.1. The summed E-state index contributed by atoms with van der Waals surface area (Å²) in [6, 6.07) is 0. The van der Waals surface area contributed by atoms with Gasteiger partial charge in [0.25, 0.3) is 0 Å². The summed E-state index contributed by atoms with van der Waals surface area (Å²) in [7, 11) is 0. The van der Waals surface area contributed by atoms with Crippen LogP contribution in [-0.2, 0) is 4.79 Å². The number of carboxylic acids is 1. The van der Waals surface area contributed by atoms with Crippen molar-refractivity contribution in [2.45, 2.75) is 19.3 Å². The SMILES string of the molecule is O=C([O-])CC1CCNCC1.[Na+]. The first-order chi connectivity index (χ1) is 4.79. The maximum absolute atomic E-state index is 10.1. The average Bonchev–Trinajstić information content (AvgIpc) is 1.88. The van der Waals surface area contributed by atoms with Crippen LogP contribution in [0.15, 0.2) is 0 Å². The zero-order valence-electron chi connectivity index (χ0n) is 6.93. The Labute approximate surface area is 88.8 Å². The molecule has 0 radical (unpaired) electrons. The van der Waals surface area contributed by atoms with Crippen molar-refractivity contribution in [1.29, 1.82) is 0 Å². The van der Waals surface area contributed by atoms with Gasteiger partial charge in [-0.25, -0.2) is 0 Å². The second kappa shape index (κ2) is 6.00. The largest absolute Gasteiger partial charge is 1.00 e. The molecule has 0 atom stereocenters. The van der Waals surface area contributed by atoms with Gasteiger partial charge in [-0.05, 0) is 38.3 Å². The summed E-state index contributed by atoms with van der Waals surface area (Å²) < 4.78 is 0. The molecule has 0 aliphatic carbocycles. The van der Waals surface area contributed by atoms with Crippen molar-refractivity contribution in [3.05, 3.63) is 0 Å². The van der Waals surface area contributed by atoms with Crippen LogP contribution < -0.4 is 40.0 Å². The first-order valence-electron chi connectivity index (χ1n) is 3.69. The number of hydrogen-bond donors (Lipinski definition) is 1. The summed E-state index contributed by atoms with van der Waals surface area (Å²) in [5.41, 5.74) is 0.